The molecule has 1 aromatic heterocycles. The number of carboxylic acids is 1. The number of nitrogens with one attached hydrogen (secondary N) is 1. The summed E-state index contributed by atoms with van der Waals surface area (Å²) in [6.45, 7) is 1.27. The van der Waals surface area contributed by atoms with Gasteiger partial charge in [0.25, 0.3) is 0 Å². The zero-order valence-corrected chi connectivity index (χ0v) is 19.1. The maximum atomic E-state index is 10.6. The fraction of sp³-hybridized carbons (Fsp3) is 0.192. The van der Waals surface area contributed by atoms with Gasteiger partial charge in [-0.2, -0.15) is 0 Å². The molecule has 0 unspecified atom stereocenters. The summed E-state index contributed by atoms with van der Waals surface area (Å²) < 4.78 is 5.74. The summed E-state index contributed by atoms with van der Waals surface area (Å²) in [4.78, 5) is 13.7. The van der Waals surface area contributed by atoms with Crippen molar-refractivity contribution in [2.24, 2.45) is 11.5 Å². The number of carbonyl (C=O) groups is 1. The second-order valence-electron chi connectivity index (χ2n) is 7.47. The Morgan fingerprint density at radius 1 is 0.970 bits per heavy atom. The summed E-state index contributed by atoms with van der Waals surface area (Å²) >= 11 is 0. The van der Waals surface area contributed by atoms with E-state index in [-0.39, 0.29) is 12.4 Å². The van der Waals surface area contributed by atoms with Crippen molar-refractivity contribution in [3.63, 3.8) is 0 Å². The minimum atomic E-state index is -0.972. The molecule has 0 saturated heterocycles. The Balaban J connectivity index is 0.000000228. The highest BCUT2D eigenvalue weighted by Gasteiger charge is 2.14. The Morgan fingerprint density at radius 2 is 1.67 bits per heavy atom. The molecule has 174 valence electrons. The maximum absolute atomic E-state index is 10.6. The topological polar surface area (TPSA) is 114 Å². The molecule has 0 aliphatic heterocycles. The highest BCUT2D eigenvalue weighted by Crippen LogP contribution is 2.18. The molecule has 1 heterocycles. The molecule has 0 spiro atoms. The monoisotopic (exact) mass is 467 g/mol. The first-order valence-electron chi connectivity index (χ1n) is 10.6. The summed E-state index contributed by atoms with van der Waals surface area (Å²) in [6.07, 6.45) is 3.05. The van der Waals surface area contributed by atoms with Crippen LogP contribution in [0.5, 0.6) is 5.75 Å². The Kier molecular flexibility index (Phi) is 10.4. The first kappa shape index (κ1) is 25.9. The van der Waals surface area contributed by atoms with Gasteiger partial charge in [-0.15, -0.1) is 12.4 Å². The van der Waals surface area contributed by atoms with Crippen molar-refractivity contribution >= 4 is 29.3 Å². The van der Waals surface area contributed by atoms with E-state index < -0.39 is 12.0 Å². The summed E-state index contributed by atoms with van der Waals surface area (Å²) in [7, 11) is 0. The molecule has 0 amide bonds. The summed E-state index contributed by atoms with van der Waals surface area (Å²) in [6, 6.07) is 25.2. The normalized spacial score (nSPS) is 11.1. The van der Waals surface area contributed by atoms with E-state index >= 15 is 0 Å². The molecule has 6 nitrogen and oxygen atoms in total. The van der Waals surface area contributed by atoms with Crippen LogP contribution < -0.4 is 16.2 Å². The number of aromatic amines is 1. The standard InChI is InChI=1S/C15H17NO.C11H12N2O2.ClH/c16-10-9-13-7-4-8-15(11-13)17-12-14-5-2-1-3-6-14;12-9(11(14)15)5-7-6-13-10-4-2-1-3-8(7)10;/h1-8,11H,9-10,12,16H2;1-4,6,9,13H,5,12H2,(H,14,15);1H/t;9-;/m.0./s1. The lowest BCUT2D eigenvalue weighted by Gasteiger charge is -2.07. The fourth-order valence-corrected chi connectivity index (χ4v) is 3.32. The fourth-order valence-electron chi connectivity index (χ4n) is 3.32. The second kappa shape index (κ2) is 13.3. The van der Waals surface area contributed by atoms with E-state index in [4.69, 9.17) is 21.3 Å². The van der Waals surface area contributed by atoms with Crippen LogP contribution in [0.3, 0.4) is 0 Å². The number of hydrogen-bond acceptors (Lipinski definition) is 4. The van der Waals surface area contributed by atoms with Crippen LogP contribution in [0.4, 0.5) is 0 Å². The third-order valence-corrected chi connectivity index (χ3v) is 5.01. The van der Waals surface area contributed by atoms with Crippen LogP contribution in [0.15, 0.2) is 85.1 Å². The Hall–Kier alpha value is -3.32. The van der Waals surface area contributed by atoms with Crippen LogP contribution in [0, 0.1) is 0 Å². The molecule has 4 aromatic rings. The first-order valence-corrected chi connectivity index (χ1v) is 10.6. The summed E-state index contributed by atoms with van der Waals surface area (Å²) in [5.41, 5.74) is 15.4. The number of ether oxygens (including phenoxy) is 1. The number of rotatable bonds is 8. The Bertz CT molecular complexity index is 1130. The number of fused-ring (bicyclic) bond motifs is 1. The predicted molar refractivity (Wildman–Crippen MR) is 135 cm³/mol. The number of halogens is 1. The number of nitrogens with two attached hydrogens (primary N) is 2. The van der Waals surface area contributed by atoms with Gasteiger partial charge in [-0.3, -0.25) is 4.79 Å². The van der Waals surface area contributed by atoms with Gasteiger partial charge in [0.15, 0.2) is 0 Å². The number of H-pyrrole nitrogens is 1. The quantitative estimate of drug-likeness (QED) is 0.308. The predicted octanol–water partition coefficient (Wildman–Crippen LogP) is 4.31. The molecule has 7 heteroatoms. The summed E-state index contributed by atoms with van der Waals surface area (Å²) in [5, 5.41) is 9.75. The Labute approximate surface area is 200 Å². The highest BCUT2D eigenvalue weighted by molar-refractivity contribution is 5.85. The number of carboxylic acid groups (broad SMARTS) is 1. The van der Waals surface area contributed by atoms with Gasteiger partial charge in [-0.1, -0.05) is 60.7 Å². The molecule has 0 bridgehead atoms. The second-order valence-corrected chi connectivity index (χ2v) is 7.47. The minimum absolute atomic E-state index is 0. The van der Waals surface area contributed by atoms with Crippen molar-refractivity contribution in [2.45, 2.75) is 25.5 Å². The van der Waals surface area contributed by atoms with Gasteiger partial charge in [-0.25, -0.2) is 0 Å². The van der Waals surface area contributed by atoms with Gasteiger partial charge in [0.1, 0.15) is 18.4 Å². The summed E-state index contributed by atoms with van der Waals surface area (Å²) in [5.74, 6) is -0.0694. The molecule has 0 radical (unpaired) electrons. The van der Waals surface area contributed by atoms with Gasteiger partial charge >= 0.3 is 5.97 Å². The van der Waals surface area contributed by atoms with Gasteiger partial charge < -0.3 is 26.3 Å². The van der Waals surface area contributed by atoms with Crippen molar-refractivity contribution in [2.75, 3.05) is 6.54 Å². The molecular weight excluding hydrogens is 438 g/mol. The zero-order chi connectivity index (χ0) is 22.8. The molecule has 3 aromatic carbocycles. The number of para-hydroxylation sites is 1. The highest BCUT2D eigenvalue weighted by atomic mass is 35.5. The molecule has 6 N–H and O–H groups in total. The third kappa shape index (κ3) is 7.95. The van der Waals surface area contributed by atoms with Crippen LogP contribution in [-0.2, 0) is 24.2 Å². The average Bonchev–Trinajstić information content (AvgIpc) is 3.22. The number of aromatic nitrogens is 1. The van der Waals surface area contributed by atoms with Crippen LogP contribution in [0.25, 0.3) is 10.9 Å². The lowest BCUT2D eigenvalue weighted by Crippen LogP contribution is -2.32. The van der Waals surface area contributed by atoms with Crippen molar-refractivity contribution < 1.29 is 14.6 Å². The van der Waals surface area contributed by atoms with E-state index in [2.05, 4.69) is 29.2 Å². The van der Waals surface area contributed by atoms with Crippen LogP contribution in [-0.4, -0.2) is 28.6 Å². The molecular formula is C26H30ClN3O3. The van der Waals surface area contributed by atoms with Crippen molar-refractivity contribution in [3.8, 4) is 5.75 Å². The van der Waals surface area contributed by atoms with Gasteiger partial charge in [0.2, 0.25) is 0 Å². The van der Waals surface area contributed by atoms with E-state index in [1.807, 2.05) is 60.8 Å². The van der Waals surface area contributed by atoms with Crippen molar-refractivity contribution in [3.05, 3.63) is 102 Å². The van der Waals surface area contributed by atoms with E-state index in [1.165, 1.54) is 11.1 Å². The average molecular weight is 468 g/mol. The Morgan fingerprint density at radius 3 is 2.39 bits per heavy atom. The maximum Gasteiger partial charge on any atom is 0.320 e. The SMILES string of the molecule is Cl.NCCc1cccc(OCc2ccccc2)c1.N[C@@H](Cc1c[nH]c2ccccc12)C(=O)O. The molecule has 0 aliphatic carbocycles. The first-order chi connectivity index (χ1) is 15.6. The molecule has 33 heavy (non-hydrogen) atoms. The van der Waals surface area contributed by atoms with Gasteiger partial charge in [0.05, 0.1) is 0 Å². The van der Waals surface area contributed by atoms with Gasteiger partial charge in [-0.05, 0) is 47.9 Å². The number of benzene rings is 3. The number of aliphatic carboxylic acids is 1. The minimum Gasteiger partial charge on any atom is -0.489 e. The van der Waals surface area contributed by atoms with E-state index in [9.17, 15) is 4.79 Å². The molecule has 1 atom stereocenters. The molecule has 4 rings (SSSR count). The van der Waals surface area contributed by atoms with Crippen molar-refractivity contribution in [1.29, 1.82) is 0 Å². The van der Waals surface area contributed by atoms with Crippen LogP contribution >= 0.6 is 12.4 Å². The lowest BCUT2D eigenvalue weighted by atomic mass is 10.1. The van der Waals surface area contributed by atoms with E-state index in [1.54, 1.807) is 0 Å². The van der Waals surface area contributed by atoms with Crippen LogP contribution in [0.1, 0.15) is 16.7 Å². The smallest absolute Gasteiger partial charge is 0.320 e. The zero-order valence-electron chi connectivity index (χ0n) is 18.3. The number of hydrogen-bond donors (Lipinski definition) is 4. The van der Waals surface area contributed by atoms with Crippen molar-refractivity contribution in [1.82, 2.24) is 4.98 Å². The largest absolute Gasteiger partial charge is 0.489 e. The van der Waals surface area contributed by atoms with E-state index in [0.29, 0.717) is 19.6 Å². The molecule has 0 fully saturated rings. The lowest BCUT2D eigenvalue weighted by molar-refractivity contribution is -0.138. The van der Waals surface area contributed by atoms with Crippen LogP contribution in [0.2, 0.25) is 0 Å². The molecule has 0 saturated carbocycles. The van der Waals surface area contributed by atoms with E-state index in [0.717, 1.165) is 28.6 Å². The van der Waals surface area contributed by atoms with Gasteiger partial charge in [0, 0.05) is 23.5 Å². The third-order valence-electron chi connectivity index (χ3n) is 5.01. The molecule has 0 aliphatic rings.